The van der Waals surface area contributed by atoms with E-state index in [9.17, 15) is 4.57 Å². The molecular weight excluding hydrogens is 437 g/mol. The lowest BCUT2D eigenvalue weighted by atomic mass is 10.1. The van der Waals surface area contributed by atoms with Crippen molar-refractivity contribution in [1.82, 2.24) is 0 Å². The van der Waals surface area contributed by atoms with Gasteiger partial charge in [-0.1, -0.05) is 31.9 Å². The number of ether oxygens (including phenoxy) is 1. The molecule has 0 spiro atoms. The van der Waals surface area contributed by atoms with Crippen LogP contribution >= 0.6 is 40.1 Å². The molecule has 116 valence electrons. The van der Waals surface area contributed by atoms with E-state index in [-0.39, 0.29) is 6.61 Å². The summed E-state index contributed by atoms with van der Waals surface area (Å²) in [5.41, 5.74) is 1.78. The minimum atomic E-state index is -2.92. The van der Waals surface area contributed by atoms with Crippen molar-refractivity contribution in [2.45, 2.75) is 0 Å². The van der Waals surface area contributed by atoms with Crippen molar-refractivity contribution in [3.05, 3.63) is 45.3 Å². The molecule has 8 heteroatoms. The molecule has 1 N–H and O–H groups in total. The fourth-order valence-electron chi connectivity index (χ4n) is 2.30. The number of fused-ring (bicyclic) bond motifs is 2. The normalized spacial score (nSPS) is 14.0. The van der Waals surface area contributed by atoms with Crippen molar-refractivity contribution in [2.24, 2.45) is 0 Å². The molecule has 0 radical (unpaired) electrons. The Hall–Kier alpha value is -0.850. The zero-order valence-electron chi connectivity index (χ0n) is 11.3. The smallest absolute Gasteiger partial charge is 0.316 e. The maximum Gasteiger partial charge on any atom is 0.316 e. The zero-order valence-corrected chi connectivity index (χ0v) is 15.4. The topological polar surface area (TPSA) is 59.0 Å². The molecule has 1 aliphatic rings. The summed E-state index contributed by atoms with van der Waals surface area (Å²) in [7, 11) is -2.92. The number of hydrogen-bond donors (Lipinski definition) is 1. The van der Waals surface area contributed by atoms with Gasteiger partial charge in [-0.25, -0.2) is 0 Å². The Labute approximate surface area is 145 Å². The first-order valence-corrected chi connectivity index (χ1v) is 9.30. The van der Waals surface area contributed by atoms with Gasteiger partial charge in [0.1, 0.15) is 0 Å². The highest BCUT2D eigenvalue weighted by Crippen LogP contribution is 2.48. The predicted molar refractivity (Wildman–Crippen MR) is 92.5 cm³/mol. The van der Waals surface area contributed by atoms with E-state index in [0.717, 1.165) is 31.8 Å². The van der Waals surface area contributed by atoms with E-state index in [1.54, 1.807) is 0 Å². The van der Waals surface area contributed by atoms with Gasteiger partial charge in [-0.3, -0.25) is 4.57 Å². The number of halogens is 2. The van der Waals surface area contributed by atoms with Crippen LogP contribution in [0.2, 0.25) is 0 Å². The molecule has 0 bridgehead atoms. The molecule has 0 amide bonds. The Bertz CT molecular complexity index is 689. The van der Waals surface area contributed by atoms with Crippen LogP contribution in [0.1, 0.15) is 0 Å². The molecular formula is C14H12Br2NO4P. The summed E-state index contributed by atoms with van der Waals surface area (Å²) in [5.74, 6) is 1.44. The lowest BCUT2D eigenvalue weighted by Gasteiger charge is -2.32. The van der Waals surface area contributed by atoms with Crippen LogP contribution in [0.4, 0.5) is 11.4 Å². The van der Waals surface area contributed by atoms with E-state index in [4.69, 9.17) is 14.2 Å². The molecule has 2 aromatic rings. The molecule has 1 unspecified atom stereocenters. The van der Waals surface area contributed by atoms with Gasteiger partial charge < -0.3 is 19.1 Å². The van der Waals surface area contributed by atoms with Crippen molar-refractivity contribution in [1.29, 1.82) is 0 Å². The fraction of sp³-hybridized carbons (Fsp3) is 0.143. The standard InChI is InChI=1S/C14H12Br2NO4P/c15-9-1-3-11-13(7-9)21-14-8-10(16)2-4-12(14)17(11)5-6-20-22(18)19/h1-4,7-8,22H,5-6H2,(H,18,19). The van der Waals surface area contributed by atoms with Crippen molar-refractivity contribution >= 4 is 51.5 Å². The molecule has 0 saturated carbocycles. The average molecular weight is 449 g/mol. The molecule has 5 nitrogen and oxygen atoms in total. The van der Waals surface area contributed by atoms with Gasteiger partial charge >= 0.3 is 8.25 Å². The first kappa shape index (κ1) is 16.0. The van der Waals surface area contributed by atoms with E-state index < -0.39 is 8.25 Å². The summed E-state index contributed by atoms with van der Waals surface area (Å²) in [6.07, 6.45) is 0. The maximum atomic E-state index is 10.7. The molecule has 3 rings (SSSR count). The van der Waals surface area contributed by atoms with Crippen molar-refractivity contribution in [3.8, 4) is 11.5 Å². The summed E-state index contributed by atoms with van der Waals surface area (Å²) in [4.78, 5) is 10.8. The molecule has 2 aromatic carbocycles. The van der Waals surface area contributed by atoms with Crippen LogP contribution in [-0.4, -0.2) is 18.0 Å². The summed E-state index contributed by atoms with van der Waals surface area (Å²) >= 11 is 6.87. The van der Waals surface area contributed by atoms with E-state index in [2.05, 4.69) is 31.9 Å². The first-order chi connectivity index (χ1) is 10.5. The molecule has 22 heavy (non-hydrogen) atoms. The number of benzene rings is 2. The highest BCUT2D eigenvalue weighted by atomic mass is 79.9. The van der Waals surface area contributed by atoms with Crippen molar-refractivity contribution in [3.63, 3.8) is 0 Å². The van der Waals surface area contributed by atoms with Gasteiger partial charge in [-0.15, -0.1) is 0 Å². The molecule has 0 aromatic heterocycles. The molecule has 1 aliphatic heterocycles. The monoisotopic (exact) mass is 447 g/mol. The summed E-state index contributed by atoms with van der Waals surface area (Å²) in [5, 5.41) is 0. The van der Waals surface area contributed by atoms with Gasteiger partial charge in [0.25, 0.3) is 0 Å². The van der Waals surface area contributed by atoms with Crippen LogP contribution in [0, 0.1) is 0 Å². The lowest BCUT2D eigenvalue weighted by molar-refractivity contribution is 0.288. The summed E-state index contributed by atoms with van der Waals surface area (Å²) < 4.78 is 23.3. The number of nitrogens with zero attached hydrogens (tertiary/aromatic N) is 1. The second-order valence-electron chi connectivity index (χ2n) is 4.59. The Morgan fingerprint density at radius 3 is 2.14 bits per heavy atom. The van der Waals surface area contributed by atoms with Crippen LogP contribution in [0.3, 0.4) is 0 Å². The first-order valence-electron chi connectivity index (χ1n) is 6.45. The van der Waals surface area contributed by atoms with Crippen LogP contribution in [0.5, 0.6) is 11.5 Å². The van der Waals surface area contributed by atoms with Crippen LogP contribution in [-0.2, 0) is 9.09 Å². The number of rotatable bonds is 4. The minimum Gasteiger partial charge on any atom is -0.453 e. The third kappa shape index (κ3) is 3.39. The third-order valence-electron chi connectivity index (χ3n) is 3.19. The van der Waals surface area contributed by atoms with Gasteiger partial charge in [-0.05, 0) is 36.4 Å². The van der Waals surface area contributed by atoms with Crippen LogP contribution < -0.4 is 9.64 Å². The van der Waals surface area contributed by atoms with Crippen LogP contribution in [0.25, 0.3) is 0 Å². The summed E-state index contributed by atoms with van der Waals surface area (Å²) in [6.45, 7) is 0.600. The Morgan fingerprint density at radius 2 is 1.64 bits per heavy atom. The molecule has 0 fully saturated rings. The predicted octanol–water partition coefficient (Wildman–Crippen LogP) is 4.85. The Kier molecular flexibility index (Phi) is 4.90. The van der Waals surface area contributed by atoms with Crippen LogP contribution in [0.15, 0.2) is 45.3 Å². The Morgan fingerprint density at radius 1 is 1.09 bits per heavy atom. The van der Waals surface area contributed by atoms with Gasteiger partial charge in [0.15, 0.2) is 11.5 Å². The number of hydrogen-bond acceptors (Lipinski definition) is 4. The van der Waals surface area contributed by atoms with E-state index in [1.165, 1.54) is 0 Å². The highest BCUT2D eigenvalue weighted by molar-refractivity contribution is 9.10. The van der Waals surface area contributed by atoms with Gasteiger partial charge in [0.05, 0.1) is 18.0 Å². The highest BCUT2D eigenvalue weighted by Gasteiger charge is 2.24. The second kappa shape index (κ2) is 6.72. The zero-order chi connectivity index (χ0) is 15.7. The quantitative estimate of drug-likeness (QED) is 0.677. The van der Waals surface area contributed by atoms with Crippen molar-refractivity contribution in [2.75, 3.05) is 18.1 Å². The molecule has 1 atom stereocenters. The second-order valence-corrected chi connectivity index (χ2v) is 7.24. The molecule has 1 heterocycles. The average Bonchev–Trinajstić information content (AvgIpc) is 2.45. The largest absolute Gasteiger partial charge is 0.453 e. The third-order valence-corrected chi connectivity index (χ3v) is 4.62. The summed E-state index contributed by atoms with van der Waals surface area (Å²) in [6, 6.07) is 11.5. The lowest BCUT2D eigenvalue weighted by Crippen LogP contribution is -2.24. The van der Waals surface area contributed by atoms with E-state index in [0.29, 0.717) is 6.54 Å². The molecule has 0 aliphatic carbocycles. The molecule has 0 saturated heterocycles. The van der Waals surface area contributed by atoms with Crippen molar-refractivity contribution < 1.29 is 18.7 Å². The van der Waals surface area contributed by atoms with Gasteiger partial charge in [0.2, 0.25) is 0 Å². The van der Waals surface area contributed by atoms with Gasteiger partial charge in [-0.2, -0.15) is 0 Å². The SMILES string of the molecule is O=[PH](O)OCCN1c2ccc(Br)cc2Oc2cc(Br)ccc21. The number of anilines is 2. The van der Waals surface area contributed by atoms with E-state index in [1.807, 2.05) is 41.3 Å². The van der Waals surface area contributed by atoms with Gasteiger partial charge in [0, 0.05) is 15.5 Å². The Balaban J connectivity index is 1.98. The minimum absolute atomic E-state index is 0.152. The fourth-order valence-corrected chi connectivity index (χ4v) is 3.24. The maximum absolute atomic E-state index is 10.7. The van der Waals surface area contributed by atoms with E-state index >= 15 is 0 Å².